The molecule has 0 bridgehead atoms. The SMILES string of the molecule is CCNC(=NCc1ccc(F)c(COC)c1)NCc1ncc(CC)s1.I. The van der Waals surface area contributed by atoms with Crippen molar-refractivity contribution >= 4 is 41.3 Å². The number of hydrogen-bond acceptors (Lipinski definition) is 4. The summed E-state index contributed by atoms with van der Waals surface area (Å²) in [6, 6.07) is 5.00. The lowest BCUT2D eigenvalue weighted by atomic mass is 10.1. The molecule has 5 nitrogen and oxygen atoms in total. The third-order valence-corrected chi connectivity index (χ3v) is 4.67. The van der Waals surface area contributed by atoms with Crippen LogP contribution in [-0.4, -0.2) is 24.6 Å². The molecule has 0 radical (unpaired) electrons. The molecule has 0 aliphatic rings. The van der Waals surface area contributed by atoms with Crippen molar-refractivity contribution in [1.29, 1.82) is 0 Å². The third-order valence-electron chi connectivity index (χ3n) is 3.53. The number of hydrogen-bond donors (Lipinski definition) is 2. The van der Waals surface area contributed by atoms with Gasteiger partial charge in [-0.1, -0.05) is 13.0 Å². The summed E-state index contributed by atoms with van der Waals surface area (Å²) in [5.74, 6) is 0.462. The van der Waals surface area contributed by atoms with Crippen molar-refractivity contribution in [2.75, 3.05) is 13.7 Å². The van der Waals surface area contributed by atoms with E-state index in [9.17, 15) is 4.39 Å². The maximum absolute atomic E-state index is 13.7. The average molecular weight is 492 g/mol. The van der Waals surface area contributed by atoms with Gasteiger partial charge in [0.25, 0.3) is 0 Å². The Morgan fingerprint density at radius 3 is 2.77 bits per heavy atom. The molecule has 144 valence electrons. The van der Waals surface area contributed by atoms with Gasteiger partial charge in [0, 0.05) is 30.3 Å². The Hall–Kier alpha value is -1.26. The van der Waals surface area contributed by atoms with Gasteiger partial charge in [-0.3, -0.25) is 0 Å². The van der Waals surface area contributed by atoms with E-state index >= 15 is 0 Å². The molecule has 1 heterocycles. The molecular weight excluding hydrogens is 466 g/mol. The van der Waals surface area contributed by atoms with Crippen LogP contribution in [0, 0.1) is 5.82 Å². The molecule has 0 unspecified atom stereocenters. The number of methoxy groups -OCH3 is 1. The fraction of sp³-hybridized carbons (Fsp3) is 0.444. The topological polar surface area (TPSA) is 58.5 Å². The number of halogens is 2. The van der Waals surface area contributed by atoms with E-state index in [0.29, 0.717) is 24.6 Å². The van der Waals surface area contributed by atoms with Gasteiger partial charge in [-0.15, -0.1) is 35.3 Å². The van der Waals surface area contributed by atoms with Gasteiger partial charge in [0.15, 0.2) is 5.96 Å². The van der Waals surface area contributed by atoms with E-state index in [1.165, 1.54) is 10.9 Å². The lowest BCUT2D eigenvalue weighted by Gasteiger charge is -2.10. The number of aromatic nitrogens is 1. The zero-order valence-electron chi connectivity index (χ0n) is 15.3. The van der Waals surface area contributed by atoms with Crippen molar-refractivity contribution in [3.8, 4) is 0 Å². The summed E-state index contributed by atoms with van der Waals surface area (Å²) in [7, 11) is 1.56. The van der Waals surface area contributed by atoms with E-state index in [4.69, 9.17) is 4.74 Å². The van der Waals surface area contributed by atoms with Gasteiger partial charge in [-0.2, -0.15) is 0 Å². The number of rotatable bonds is 8. The molecule has 26 heavy (non-hydrogen) atoms. The van der Waals surface area contributed by atoms with E-state index in [1.807, 2.05) is 13.1 Å². The lowest BCUT2D eigenvalue weighted by molar-refractivity contribution is 0.181. The van der Waals surface area contributed by atoms with Crippen LogP contribution in [0.4, 0.5) is 4.39 Å². The minimum Gasteiger partial charge on any atom is -0.380 e. The highest BCUT2D eigenvalue weighted by Gasteiger charge is 2.05. The lowest BCUT2D eigenvalue weighted by Crippen LogP contribution is -2.36. The predicted octanol–water partition coefficient (Wildman–Crippen LogP) is 3.86. The Kier molecular flexibility index (Phi) is 10.7. The number of thiazole rings is 1. The first-order chi connectivity index (χ1) is 12.2. The van der Waals surface area contributed by atoms with Crippen LogP contribution in [0.25, 0.3) is 0 Å². The van der Waals surface area contributed by atoms with E-state index in [2.05, 4.69) is 27.5 Å². The summed E-state index contributed by atoms with van der Waals surface area (Å²) >= 11 is 1.70. The molecule has 0 amide bonds. The van der Waals surface area contributed by atoms with Gasteiger partial charge in [0.05, 0.1) is 19.7 Å². The van der Waals surface area contributed by atoms with Gasteiger partial charge >= 0.3 is 0 Å². The second kappa shape index (κ2) is 12.2. The molecule has 1 aromatic carbocycles. The first-order valence-electron chi connectivity index (χ1n) is 8.38. The maximum atomic E-state index is 13.7. The highest BCUT2D eigenvalue weighted by atomic mass is 127. The van der Waals surface area contributed by atoms with Crippen LogP contribution in [0.15, 0.2) is 29.4 Å². The molecule has 0 aliphatic carbocycles. The maximum Gasteiger partial charge on any atom is 0.191 e. The first-order valence-corrected chi connectivity index (χ1v) is 9.19. The van der Waals surface area contributed by atoms with Crippen molar-refractivity contribution in [2.45, 2.75) is 40.0 Å². The van der Waals surface area contributed by atoms with E-state index in [1.54, 1.807) is 30.6 Å². The van der Waals surface area contributed by atoms with E-state index in [0.717, 1.165) is 23.5 Å². The highest BCUT2D eigenvalue weighted by Crippen LogP contribution is 2.14. The number of nitrogens with zero attached hydrogens (tertiary/aromatic N) is 2. The standard InChI is InChI=1S/C18H25FN4OS.HI/c1-4-15-10-21-17(25-15)11-23-18(20-5-2)22-9-13-6-7-16(19)14(8-13)12-24-3;/h6-8,10H,4-5,9,11-12H2,1-3H3,(H2,20,22,23);1H. The molecule has 2 aromatic rings. The highest BCUT2D eigenvalue weighted by molar-refractivity contribution is 14.0. The van der Waals surface area contributed by atoms with Crippen LogP contribution in [0.5, 0.6) is 0 Å². The Balaban J connectivity index is 0.00000338. The molecule has 0 spiro atoms. The van der Waals surface area contributed by atoms with E-state index in [-0.39, 0.29) is 36.4 Å². The minimum absolute atomic E-state index is 0. The Morgan fingerprint density at radius 1 is 1.31 bits per heavy atom. The van der Waals surface area contributed by atoms with Crippen molar-refractivity contribution in [1.82, 2.24) is 15.6 Å². The van der Waals surface area contributed by atoms with Gasteiger partial charge in [-0.25, -0.2) is 14.4 Å². The van der Waals surface area contributed by atoms with Crippen LogP contribution in [-0.2, 0) is 30.9 Å². The molecule has 0 saturated carbocycles. The molecule has 2 N–H and O–H groups in total. The van der Waals surface area contributed by atoms with Crippen molar-refractivity contribution in [3.63, 3.8) is 0 Å². The fourth-order valence-electron chi connectivity index (χ4n) is 2.26. The van der Waals surface area contributed by atoms with Crippen LogP contribution in [0.3, 0.4) is 0 Å². The molecule has 0 saturated heterocycles. The molecule has 8 heteroatoms. The summed E-state index contributed by atoms with van der Waals surface area (Å²) in [4.78, 5) is 10.2. The van der Waals surface area contributed by atoms with Crippen molar-refractivity contribution in [3.05, 3.63) is 51.2 Å². The molecule has 2 rings (SSSR count). The number of aliphatic imine (C=N–C) groups is 1. The normalized spacial score (nSPS) is 11.2. The molecule has 0 fully saturated rings. The van der Waals surface area contributed by atoms with Gasteiger partial charge in [-0.05, 0) is 31.0 Å². The molecule has 1 aromatic heterocycles. The summed E-state index contributed by atoms with van der Waals surface area (Å²) < 4.78 is 18.7. The summed E-state index contributed by atoms with van der Waals surface area (Å²) in [6.07, 6.45) is 2.92. The number of ether oxygens (including phenoxy) is 1. The average Bonchev–Trinajstić information content (AvgIpc) is 3.08. The summed E-state index contributed by atoms with van der Waals surface area (Å²) in [6.45, 7) is 6.26. The monoisotopic (exact) mass is 492 g/mol. The largest absolute Gasteiger partial charge is 0.380 e. The van der Waals surface area contributed by atoms with Crippen LogP contribution < -0.4 is 10.6 Å². The molecular formula is C18H26FIN4OS. The van der Waals surface area contributed by atoms with Crippen LogP contribution in [0.2, 0.25) is 0 Å². The second-order valence-corrected chi connectivity index (χ2v) is 6.68. The van der Waals surface area contributed by atoms with Crippen molar-refractivity contribution in [2.24, 2.45) is 4.99 Å². The Morgan fingerprint density at radius 2 is 2.12 bits per heavy atom. The smallest absolute Gasteiger partial charge is 0.191 e. The Bertz CT molecular complexity index is 708. The summed E-state index contributed by atoms with van der Waals surface area (Å²) in [5, 5.41) is 7.53. The molecule has 0 atom stereocenters. The van der Waals surface area contributed by atoms with Crippen molar-refractivity contribution < 1.29 is 9.13 Å². The quantitative estimate of drug-likeness (QED) is 0.334. The number of nitrogens with one attached hydrogen (secondary N) is 2. The van der Waals surface area contributed by atoms with Gasteiger partial charge in [0.1, 0.15) is 10.8 Å². The first kappa shape index (κ1) is 22.8. The third kappa shape index (κ3) is 7.16. The predicted molar refractivity (Wildman–Crippen MR) is 116 cm³/mol. The summed E-state index contributed by atoms with van der Waals surface area (Å²) in [5.41, 5.74) is 1.48. The molecule has 0 aliphatic heterocycles. The number of guanidine groups is 1. The Labute approximate surface area is 175 Å². The van der Waals surface area contributed by atoms with Gasteiger partial charge in [0.2, 0.25) is 0 Å². The van der Waals surface area contributed by atoms with Crippen LogP contribution >= 0.6 is 35.3 Å². The fourth-order valence-corrected chi connectivity index (χ4v) is 3.06. The van der Waals surface area contributed by atoms with E-state index < -0.39 is 0 Å². The zero-order valence-corrected chi connectivity index (χ0v) is 18.5. The van der Waals surface area contributed by atoms with Crippen LogP contribution in [0.1, 0.15) is 34.9 Å². The minimum atomic E-state index is -0.255. The number of aryl methyl sites for hydroxylation is 1. The van der Waals surface area contributed by atoms with Gasteiger partial charge < -0.3 is 15.4 Å². The number of benzene rings is 1. The zero-order chi connectivity index (χ0) is 18.1. The second-order valence-electron chi connectivity index (χ2n) is 5.48.